The van der Waals surface area contributed by atoms with Crippen molar-refractivity contribution >= 4 is 23.2 Å². The molecule has 0 aliphatic rings. The van der Waals surface area contributed by atoms with Crippen molar-refractivity contribution in [3.8, 4) is 0 Å². The highest BCUT2D eigenvalue weighted by atomic mass is 19.1. The van der Waals surface area contributed by atoms with Crippen molar-refractivity contribution in [1.82, 2.24) is 0 Å². The summed E-state index contributed by atoms with van der Waals surface area (Å²) in [5.41, 5.74) is 0.930. The molecule has 2 amide bonds. The SMILES string of the molecule is O=C(Nc1cccc(F)c1)C(C(=O)Nc1cccc(F)c1)c1ccccc1. The number of hydrogen-bond donors (Lipinski definition) is 2. The average molecular weight is 366 g/mol. The topological polar surface area (TPSA) is 58.2 Å². The van der Waals surface area contributed by atoms with Crippen LogP contribution in [-0.2, 0) is 9.59 Å². The van der Waals surface area contributed by atoms with Gasteiger partial charge in [0.25, 0.3) is 0 Å². The largest absolute Gasteiger partial charge is 0.325 e. The molecule has 3 rings (SSSR count). The summed E-state index contributed by atoms with van der Waals surface area (Å²) < 4.78 is 26.7. The Morgan fingerprint density at radius 2 is 1.15 bits per heavy atom. The van der Waals surface area contributed by atoms with Gasteiger partial charge >= 0.3 is 0 Å². The molecule has 0 aliphatic carbocycles. The highest BCUT2D eigenvalue weighted by Crippen LogP contribution is 2.21. The Morgan fingerprint density at radius 1 is 0.667 bits per heavy atom. The van der Waals surface area contributed by atoms with Crippen LogP contribution in [-0.4, -0.2) is 11.8 Å². The molecule has 0 atom stereocenters. The number of benzene rings is 3. The Morgan fingerprint density at radius 3 is 1.59 bits per heavy atom. The molecule has 0 heterocycles. The second kappa shape index (κ2) is 8.23. The molecule has 0 radical (unpaired) electrons. The first-order valence-corrected chi connectivity index (χ1v) is 8.21. The van der Waals surface area contributed by atoms with Crippen LogP contribution in [0.1, 0.15) is 11.5 Å². The summed E-state index contributed by atoms with van der Waals surface area (Å²) in [6.45, 7) is 0. The molecule has 27 heavy (non-hydrogen) atoms. The maximum atomic E-state index is 13.4. The van der Waals surface area contributed by atoms with Crippen LogP contribution in [0.25, 0.3) is 0 Å². The number of nitrogens with one attached hydrogen (secondary N) is 2. The van der Waals surface area contributed by atoms with E-state index in [1.165, 1.54) is 36.4 Å². The lowest BCUT2D eigenvalue weighted by atomic mass is 9.97. The first-order valence-electron chi connectivity index (χ1n) is 8.21. The number of hydrogen-bond acceptors (Lipinski definition) is 2. The summed E-state index contributed by atoms with van der Waals surface area (Å²) >= 11 is 0. The van der Waals surface area contributed by atoms with Gasteiger partial charge in [0.1, 0.15) is 17.6 Å². The Balaban J connectivity index is 1.86. The molecule has 0 aliphatic heterocycles. The van der Waals surface area contributed by atoms with Crippen LogP contribution >= 0.6 is 0 Å². The average Bonchev–Trinajstić information content (AvgIpc) is 2.63. The molecule has 0 saturated carbocycles. The van der Waals surface area contributed by atoms with Gasteiger partial charge in [0, 0.05) is 11.4 Å². The highest BCUT2D eigenvalue weighted by Gasteiger charge is 2.28. The maximum Gasteiger partial charge on any atom is 0.241 e. The van der Waals surface area contributed by atoms with Crippen molar-refractivity contribution in [3.05, 3.63) is 96.1 Å². The summed E-state index contributed by atoms with van der Waals surface area (Å²) in [4.78, 5) is 25.5. The van der Waals surface area contributed by atoms with Crippen molar-refractivity contribution in [2.24, 2.45) is 0 Å². The Hall–Kier alpha value is -3.54. The molecule has 3 aromatic rings. The lowest BCUT2D eigenvalue weighted by molar-refractivity contribution is -0.125. The van der Waals surface area contributed by atoms with E-state index < -0.39 is 29.4 Å². The minimum absolute atomic E-state index is 0.236. The number of rotatable bonds is 5. The van der Waals surface area contributed by atoms with E-state index in [1.54, 1.807) is 30.3 Å². The normalized spacial score (nSPS) is 10.5. The minimum Gasteiger partial charge on any atom is -0.325 e. The zero-order chi connectivity index (χ0) is 19.2. The van der Waals surface area contributed by atoms with Crippen LogP contribution in [0.15, 0.2) is 78.9 Å². The molecular formula is C21H16F2N2O2. The third-order valence-electron chi connectivity index (χ3n) is 3.84. The lowest BCUT2D eigenvalue weighted by Gasteiger charge is -2.17. The van der Waals surface area contributed by atoms with E-state index in [0.29, 0.717) is 5.56 Å². The monoisotopic (exact) mass is 366 g/mol. The smallest absolute Gasteiger partial charge is 0.241 e. The number of carbonyl (C=O) groups excluding carboxylic acids is 2. The Kier molecular flexibility index (Phi) is 5.56. The first kappa shape index (κ1) is 18.3. The van der Waals surface area contributed by atoms with Gasteiger partial charge in [-0.3, -0.25) is 9.59 Å². The van der Waals surface area contributed by atoms with Crippen molar-refractivity contribution in [1.29, 1.82) is 0 Å². The summed E-state index contributed by atoms with van der Waals surface area (Å²) in [7, 11) is 0. The fourth-order valence-corrected chi connectivity index (χ4v) is 2.63. The van der Waals surface area contributed by atoms with Gasteiger partial charge in [-0.25, -0.2) is 8.78 Å². The summed E-state index contributed by atoms with van der Waals surface area (Å²) in [6.07, 6.45) is 0. The van der Waals surface area contributed by atoms with Gasteiger partial charge in [0.15, 0.2) is 0 Å². The van der Waals surface area contributed by atoms with Crippen LogP contribution in [0.3, 0.4) is 0 Å². The van der Waals surface area contributed by atoms with Gasteiger partial charge in [-0.05, 0) is 42.0 Å². The van der Waals surface area contributed by atoms with Crippen LogP contribution in [0.2, 0.25) is 0 Å². The number of carbonyl (C=O) groups is 2. The molecule has 0 unspecified atom stereocenters. The third kappa shape index (κ3) is 4.76. The van der Waals surface area contributed by atoms with Crippen LogP contribution < -0.4 is 10.6 Å². The van der Waals surface area contributed by atoms with Gasteiger partial charge in [-0.2, -0.15) is 0 Å². The maximum absolute atomic E-state index is 13.4. The van der Waals surface area contributed by atoms with Crippen LogP contribution in [0, 0.1) is 11.6 Å². The molecule has 3 aromatic carbocycles. The lowest BCUT2D eigenvalue weighted by Crippen LogP contribution is -2.32. The van der Waals surface area contributed by atoms with Gasteiger partial charge in [0.05, 0.1) is 0 Å². The molecule has 0 bridgehead atoms. The van der Waals surface area contributed by atoms with E-state index in [1.807, 2.05) is 0 Å². The molecule has 6 heteroatoms. The standard InChI is InChI=1S/C21H16F2N2O2/c22-15-8-4-10-17(12-15)24-20(26)19(14-6-2-1-3-7-14)21(27)25-18-11-5-9-16(23)13-18/h1-13,19H,(H,24,26)(H,25,27). The predicted molar refractivity (Wildman–Crippen MR) is 99.2 cm³/mol. The third-order valence-corrected chi connectivity index (χ3v) is 3.84. The van der Waals surface area contributed by atoms with Crippen LogP contribution in [0.4, 0.5) is 20.2 Å². The highest BCUT2D eigenvalue weighted by molar-refractivity contribution is 6.15. The first-order chi connectivity index (χ1) is 13.0. The van der Waals surface area contributed by atoms with E-state index in [0.717, 1.165) is 12.1 Å². The summed E-state index contributed by atoms with van der Waals surface area (Å²) in [5, 5.41) is 5.09. The van der Waals surface area contributed by atoms with Crippen molar-refractivity contribution in [3.63, 3.8) is 0 Å². The minimum atomic E-state index is -1.20. The molecule has 0 spiro atoms. The van der Waals surface area contributed by atoms with Gasteiger partial charge in [0.2, 0.25) is 11.8 Å². The Labute approximate surface area is 154 Å². The van der Waals surface area contributed by atoms with Crippen LogP contribution in [0.5, 0.6) is 0 Å². The molecule has 4 nitrogen and oxygen atoms in total. The van der Waals surface area contributed by atoms with Crippen molar-refractivity contribution in [2.45, 2.75) is 5.92 Å². The van der Waals surface area contributed by atoms with Gasteiger partial charge in [-0.15, -0.1) is 0 Å². The molecule has 0 saturated heterocycles. The zero-order valence-electron chi connectivity index (χ0n) is 14.2. The fourth-order valence-electron chi connectivity index (χ4n) is 2.63. The van der Waals surface area contributed by atoms with Gasteiger partial charge < -0.3 is 10.6 Å². The second-order valence-corrected chi connectivity index (χ2v) is 5.84. The fraction of sp³-hybridized carbons (Fsp3) is 0.0476. The number of amides is 2. The quantitative estimate of drug-likeness (QED) is 0.661. The molecule has 2 N–H and O–H groups in total. The van der Waals surface area contributed by atoms with E-state index in [-0.39, 0.29) is 11.4 Å². The van der Waals surface area contributed by atoms with E-state index in [2.05, 4.69) is 10.6 Å². The molecule has 136 valence electrons. The molecular weight excluding hydrogens is 350 g/mol. The Bertz CT molecular complexity index is 902. The predicted octanol–water partition coefficient (Wildman–Crippen LogP) is 4.33. The molecule has 0 fully saturated rings. The van der Waals surface area contributed by atoms with E-state index >= 15 is 0 Å². The molecule has 0 aromatic heterocycles. The van der Waals surface area contributed by atoms with E-state index in [4.69, 9.17) is 0 Å². The number of halogens is 2. The number of anilines is 2. The second-order valence-electron chi connectivity index (χ2n) is 5.84. The summed E-state index contributed by atoms with van der Waals surface area (Å²) in [5.74, 6) is -3.46. The van der Waals surface area contributed by atoms with E-state index in [9.17, 15) is 18.4 Å². The van der Waals surface area contributed by atoms with Gasteiger partial charge in [-0.1, -0.05) is 42.5 Å². The van der Waals surface area contributed by atoms with Crippen molar-refractivity contribution < 1.29 is 18.4 Å². The summed E-state index contributed by atoms with van der Waals surface area (Å²) in [6, 6.07) is 19.2. The zero-order valence-corrected chi connectivity index (χ0v) is 14.2. The van der Waals surface area contributed by atoms with Crippen molar-refractivity contribution in [2.75, 3.05) is 10.6 Å².